The molecule has 0 radical (unpaired) electrons. The van der Waals surface area contributed by atoms with Gasteiger partial charge in [0.05, 0.1) is 45.6 Å². The number of methoxy groups -OCH3 is 2. The lowest BCUT2D eigenvalue weighted by Gasteiger charge is -2.35. The summed E-state index contributed by atoms with van der Waals surface area (Å²) in [6.07, 6.45) is 2.16. The highest BCUT2D eigenvalue weighted by molar-refractivity contribution is 5.79. The molecule has 0 aromatic heterocycles. The van der Waals surface area contributed by atoms with Crippen molar-refractivity contribution in [2.75, 3.05) is 66.8 Å². The molecule has 0 aliphatic carbocycles. The molecule has 8 nitrogen and oxygen atoms in total. The fourth-order valence-electron chi connectivity index (χ4n) is 4.15. The van der Waals surface area contributed by atoms with Gasteiger partial charge in [0.2, 0.25) is 0 Å². The summed E-state index contributed by atoms with van der Waals surface area (Å²) in [5.41, 5.74) is 1.02. The first-order valence-electron chi connectivity index (χ1n) is 11.3. The fraction of sp³-hybridized carbons (Fsp3) is 0.696. The molecule has 2 aliphatic heterocycles. The SMILES string of the molecule is CCNC(=NCC1(C)CCCO1)NCC(c1ccc(OC)c(OC)c1)N1CCOCC1. The van der Waals surface area contributed by atoms with Gasteiger partial charge in [0, 0.05) is 32.8 Å². The molecular weight excluding hydrogens is 396 g/mol. The smallest absolute Gasteiger partial charge is 0.191 e. The number of nitrogens with one attached hydrogen (secondary N) is 2. The molecule has 2 aliphatic rings. The second-order valence-corrected chi connectivity index (χ2v) is 8.26. The van der Waals surface area contributed by atoms with Gasteiger partial charge < -0.3 is 29.6 Å². The number of nitrogens with zero attached hydrogens (tertiary/aromatic N) is 2. The molecule has 0 amide bonds. The molecule has 2 N–H and O–H groups in total. The highest BCUT2D eigenvalue weighted by Crippen LogP contribution is 2.32. The van der Waals surface area contributed by atoms with Gasteiger partial charge in [0.1, 0.15) is 0 Å². The van der Waals surface area contributed by atoms with E-state index >= 15 is 0 Å². The van der Waals surface area contributed by atoms with Gasteiger partial charge in [-0.25, -0.2) is 0 Å². The van der Waals surface area contributed by atoms with Crippen molar-refractivity contribution in [3.8, 4) is 11.5 Å². The Kier molecular flexibility index (Phi) is 8.80. The number of morpholine rings is 1. The van der Waals surface area contributed by atoms with Crippen LogP contribution in [0.25, 0.3) is 0 Å². The standard InChI is InChI=1S/C23H38N4O4/c1-5-24-22(26-17-23(2)9-6-12-31-23)25-16-19(27-10-13-30-14-11-27)18-7-8-20(28-3)21(15-18)29-4/h7-8,15,19H,5-6,9-14,16-17H2,1-4H3,(H2,24,25,26). The van der Waals surface area contributed by atoms with Crippen molar-refractivity contribution in [3.63, 3.8) is 0 Å². The van der Waals surface area contributed by atoms with Crippen molar-refractivity contribution in [3.05, 3.63) is 23.8 Å². The Labute approximate surface area is 186 Å². The zero-order valence-corrected chi connectivity index (χ0v) is 19.4. The Morgan fingerprint density at radius 1 is 1.16 bits per heavy atom. The summed E-state index contributed by atoms with van der Waals surface area (Å²) in [6, 6.07) is 6.31. The Hall–Kier alpha value is -2.03. The molecule has 0 spiro atoms. The summed E-state index contributed by atoms with van der Waals surface area (Å²) in [7, 11) is 3.33. The maximum atomic E-state index is 5.90. The number of hydrogen-bond acceptors (Lipinski definition) is 6. The zero-order valence-electron chi connectivity index (χ0n) is 19.4. The lowest BCUT2D eigenvalue weighted by atomic mass is 10.0. The minimum atomic E-state index is -0.157. The van der Waals surface area contributed by atoms with E-state index in [-0.39, 0.29) is 11.6 Å². The minimum absolute atomic E-state index is 0.157. The predicted octanol–water partition coefficient (Wildman–Crippen LogP) is 2.20. The topological polar surface area (TPSA) is 76.6 Å². The van der Waals surface area contributed by atoms with Gasteiger partial charge in [-0.05, 0) is 44.4 Å². The molecule has 1 aromatic carbocycles. The van der Waals surface area contributed by atoms with Crippen LogP contribution < -0.4 is 20.1 Å². The largest absolute Gasteiger partial charge is 0.493 e. The summed E-state index contributed by atoms with van der Waals surface area (Å²) in [4.78, 5) is 7.27. The first-order chi connectivity index (χ1) is 15.1. The van der Waals surface area contributed by atoms with Crippen molar-refractivity contribution >= 4 is 5.96 Å². The number of aliphatic imine (C=N–C) groups is 1. The van der Waals surface area contributed by atoms with Crippen LogP contribution in [0.4, 0.5) is 0 Å². The Morgan fingerprint density at radius 2 is 1.94 bits per heavy atom. The van der Waals surface area contributed by atoms with Crippen LogP contribution in [-0.4, -0.2) is 83.2 Å². The van der Waals surface area contributed by atoms with Crippen LogP contribution >= 0.6 is 0 Å². The van der Waals surface area contributed by atoms with E-state index in [0.717, 1.165) is 76.3 Å². The average molecular weight is 435 g/mol. The molecule has 2 atom stereocenters. The lowest BCUT2D eigenvalue weighted by Crippen LogP contribution is -2.46. The summed E-state index contributed by atoms with van der Waals surface area (Å²) in [6.45, 7) is 10.5. The van der Waals surface area contributed by atoms with E-state index in [1.165, 1.54) is 5.56 Å². The van der Waals surface area contributed by atoms with Crippen LogP contribution in [0.15, 0.2) is 23.2 Å². The molecule has 1 aromatic rings. The summed E-state index contributed by atoms with van der Waals surface area (Å²) >= 11 is 0. The van der Waals surface area contributed by atoms with Crippen molar-refractivity contribution in [1.29, 1.82) is 0 Å². The molecule has 2 saturated heterocycles. The van der Waals surface area contributed by atoms with E-state index in [0.29, 0.717) is 6.54 Å². The van der Waals surface area contributed by atoms with Gasteiger partial charge in [0.15, 0.2) is 17.5 Å². The number of hydrogen-bond donors (Lipinski definition) is 2. The number of ether oxygens (including phenoxy) is 4. The summed E-state index contributed by atoms with van der Waals surface area (Å²) in [5, 5.41) is 6.92. The van der Waals surface area contributed by atoms with E-state index in [1.54, 1.807) is 14.2 Å². The molecule has 0 saturated carbocycles. The van der Waals surface area contributed by atoms with Crippen molar-refractivity contribution in [2.24, 2.45) is 4.99 Å². The van der Waals surface area contributed by atoms with Gasteiger partial charge in [-0.2, -0.15) is 0 Å². The van der Waals surface area contributed by atoms with Crippen LogP contribution in [0.2, 0.25) is 0 Å². The average Bonchev–Trinajstić information content (AvgIpc) is 3.24. The summed E-state index contributed by atoms with van der Waals surface area (Å²) in [5.74, 6) is 2.29. The van der Waals surface area contributed by atoms with Crippen LogP contribution in [0.3, 0.4) is 0 Å². The van der Waals surface area contributed by atoms with E-state index in [4.69, 9.17) is 23.9 Å². The number of benzene rings is 1. The quantitative estimate of drug-likeness (QED) is 0.456. The maximum Gasteiger partial charge on any atom is 0.191 e. The highest BCUT2D eigenvalue weighted by atomic mass is 16.5. The molecule has 174 valence electrons. The van der Waals surface area contributed by atoms with Crippen LogP contribution in [-0.2, 0) is 9.47 Å². The van der Waals surface area contributed by atoms with E-state index in [1.807, 2.05) is 6.07 Å². The Bertz CT molecular complexity index is 716. The van der Waals surface area contributed by atoms with Gasteiger partial charge in [0.25, 0.3) is 0 Å². The fourth-order valence-corrected chi connectivity index (χ4v) is 4.15. The normalized spacial score (nSPS) is 23.4. The molecule has 3 rings (SSSR count). The van der Waals surface area contributed by atoms with Crippen LogP contribution in [0, 0.1) is 0 Å². The molecule has 8 heteroatoms. The molecule has 0 bridgehead atoms. The van der Waals surface area contributed by atoms with Crippen LogP contribution in [0.1, 0.15) is 38.3 Å². The third kappa shape index (κ3) is 6.48. The van der Waals surface area contributed by atoms with Crippen LogP contribution in [0.5, 0.6) is 11.5 Å². The second-order valence-electron chi connectivity index (χ2n) is 8.26. The summed E-state index contributed by atoms with van der Waals surface area (Å²) < 4.78 is 22.4. The van der Waals surface area contributed by atoms with Crippen molar-refractivity contribution in [1.82, 2.24) is 15.5 Å². The number of guanidine groups is 1. The monoisotopic (exact) mass is 434 g/mol. The minimum Gasteiger partial charge on any atom is -0.493 e. The van der Waals surface area contributed by atoms with E-state index in [2.05, 4.69) is 41.5 Å². The van der Waals surface area contributed by atoms with Crippen molar-refractivity contribution in [2.45, 2.75) is 38.3 Å². The Balaban J connectivity index is 1.75. The Morgan fingerprint density at radius 3 is 2.58 bits per heavy atom. The molecule has 2 heterocycles. The number of rotatable bonds is 9. The van der Waals surface area contributed by atoms with Gasteiger partial charge in [-0.1, -0.05) is 6.07 Å². The molecule has 2 unspecified atom stereocenters. The highest BCUT2D eigenvalue weighted by Gasteiger charge is 2.30. The third-order valence-electron chi connectivity index (χ3n) is 5.96. The lowest BCUT2D eigenvalue weighted by molar-refractivity contribution is 0.0168. The first kappa shape index (κ1) is 23.6. The van der Waals surface area contributed by atoms with E-state index < -0.39 is 0 Å². The van der Waals surface area contributed by atoms with E-state index in [9.17, 15) is 0 Å². The molecular formula is C23H38N4O4. The molecule has 31 heavy (non-hydrogen) atoms. The second kappa shape index (κ2) is 11.5. The third-order valence-corrected chi connectivity index (χ3v) is 5.96. The van der Waals surface area contributed by atoms with Gasteiger partial charge in [-0.15, -0.1) is 0 Å². The predicted molar refractivity (Wildman–Crippen MR) is 122 cm³/mol. The maximum absolute atomic E-state index is 5.90. The first-order valence-corrected chi connectivity index (χ1v) is 11.3. The van der Waals surface area contributed by atoms with Gasteiger partial charge >= 0.3 is 0 Å². The van der Waals surface area contributed by atoms with Gasteiger partial charge in [-0.3, -0.25) is 9.89 Å². The zero-order chi connectivity index (χ0) is 22.1. The van der Waals surface area contributed by atoms with Crippen molar-refractivity contribution < 1.29 is 18.9 Å². The molecule has 2 fully saturated rings.